The maximum Gasteiger partial charge on any atom is 0.305 e. The van der Waals surface area contributed by atoms with Gasteiger partial charge in [-0.3, -0.25) is 9.59 Å². The second kappa shape index (κ2) is 26.0. The molecule has 4 atom stereocenters. The first kappa shape index (κ1) is 36.7. The lowest BCUT2D eigenvalue weighted by Crippen LogP contribution is -2.26. The molecule has 0 saturated heterocycles. The van der Waals surface area contributed by atoms with Gasteiger partial charge in [-0.15, -0.1) is 0 Å². The van der Waals surface area contributed by atoms with E-state index in [0.717, 1.165) is 57.8 Å². The van der Waals surface area contributed by atoms with E-state index in [4.69, 9.17) is 9.47 Å². The van der Waals surface area contributed by atoms with Crippen LogP contribution in [0.5, 0.6) is 0 Å². The molecule has 0 radical (unpaired) electrons. The van der Waals surface area contributed by atoms with Gasteiger partial charge in [-0.1, -0.05) is 107 Å². The molecule has 0 amide bonds. The van der Waals surface area contributed by atoms with Crippen molar-refractivity contribution in [3.63, 3.8) is 0 Å². The van der Waals surface area contributed by atoms with Gasteiger partial charge in [0, 0.05) is 12.8 Å². The zero-order valence-corrected chi connectivity index (χ0v) is 24.0. The monoisotopic (exact) mass is 552 g/mol. The fraction of sp³-hybridized carbons (Fsp3) is 0.677. The fourth-order valence-corrected chi connectivity index (χ4v) is 3.52. The molecule has 224 valence electrons. The fourth-order valence-electron chi connectivity index (χ4n) is 3.52. The standard InChI is InChI=1S/C31H52O8/c1-3-5-7-10-16-22-30(36)38-24-27(33)25-39-31(37)23-17-21-29(35)28(34)20-15-12-9-8-11-14-19-26(32)18-13-6-4-2/h8-9,11-12,14-15,19-20,26-29,32-35H,3-7,10,13,16-18,21-25H2,1-2H3/b11-8-,12-9+,19-14+,20-15+/t26-,27+,28-,29-/m1/s1. The zero-order valence-electron chi connectivity index (χ0n) is 24.0. The largest absolute Gasteiger partial charge is 0.463 e. The van der Waals surface area contributed by atoms with Crippen LogP contribution in [0.4, 0.5) is 0 Å². The van der Waals surface area contributed by atoms with Gasteiger partial charge in [0.25, 0.3) is 0 Å². The highest BCUT2D eigenvalue weighted by molar-refractivity contribution is 5.69. The van der Waals surface area contributed by atoms with Crippen LogP contribution in [0, 0.1) is 0 Å². The second-order valence-electron chi connectivity index (χ2n) is 9.74. The van der Waals surface area contributed by atoms with Crippen molar-refractivity contribution in [3.05, 3.63) is 48.6 Å². The Morgan fingerprint density at radius 1 is 0.615 bits per heavy atom. The quantitative estimate of drug-likeness (QED) is 0.0759. The molecule has 0 aromatic heterocycles. The van der Waals surface area contributed by atoms with Gasteiger partial charge >= 0.3 is 11.9 Å². The highest BCUT2D eigenvalue weighted by Crippen LogP contribution is 2.09. The summed E-state index contributed by atoms with van der Waals surface area (Å²) >= 11 is 0. The van der Waals surface area contributed by atoms with Gasteiger partial charge in [0.05, 0.1) is 18.3 Å². The summed E-state index contributed by atoms with van der Waals surface area (Å²) in [5, 5.41) is 39.7. The van der Waals surface area contributed by atoms with Gasteiger partial charge in [-0.25, -0.2) is 0 Å². The molecule has 0 saturated carbocycles. The Kier molecular flexibility index (Phi) is 24.5. The van der Waals surface area contributed by atoms with Crippen molar-refractivity contribution >= 4 is 11.9 Å². The summed E-state index contributed by atoms with van der Waals surface area (Å²) in [6.45, 7) is 3.76. The van der Waals surface area contributed by atoms with Crippen LogP contribution >= 0.6 is 0 Å². The first-order valence-corrected chi connectivity index (χ1v) is 14.5. The molecule has 0 aliphatic carbocycles. The SMILES string of the molecule is CCCCCCCC(=O)OC[C@H](O)COC(=O)CCC[C@@H](O)[C@H](O)/C=C/C=C/C=C\C=C\[C@H](O)CCCCC. The molecule has 0 unspecified atom stereocenters. The maximum absolute atomic E-state index is 11.8. The number of unbranched alkanes of at least 4 members (excludes halogenated alkanes) is 6. The Hall–Kier alpha value is -2.26. The van der Waals surface area contributed by atoms with Crippen molar-refractivity contribution in [2.24, 2.45) is 0 Å². The molecule has 0 aromatic rings. The van der Waals surface area contributed by atoms with Crippen LogP contribution in [0.3, 0.4) is 0 Å². The molecule has 0 bridgehead atoms. The lowest BCUT2D eigenvalue weighted by molar-refractivity contribution is -0.152. The average Bonchev–Trinajstić information content (AvgIpc) is 2.91. The average molecular weight is 553 g/mol. The smallest absolute Gasteiger partial charge is 0.305 e. The molecule has 0 heterocycles. The van der Waals surface area contributed by atoms with E-state index in [1.54, 1.807) is 42.5 Å². The number of rotatable bonds is 24. The van der Waals surface area contributed by atoms with Crippen molar-refractivity contribution in [1.29, 1.82) is 0 Å². The van der Waals surface area contributed by atoms with Gasteiger partial charge in [0.15, 0.2) is 0 Å². The number of esters is 2. The van der Waals surface area contributed by atoms with Crippen LogP contribution < -0.4 is 0 Å². The zero-order chi connectivity index (χ0) is 29.1. The van der Waals surface area contributed by atoms with Gasteiger partial charge in [-0.2, -0.15) is 0 Å². The third-order valence-corrected chi connectivity index (χ3v) is 5.93. The molecular weight excluding hydrogens is 500 g/mol. The number of aliphatic hydroxyl groups excluding tert-OH is 4. The molecule has 4 N–H and O–H groups in total. The first-order valence-electron chi connectivity index (χ1n) is 14.5. The number of carbonyl (C=O) groups excluding carboxylic acids is 2. The molecular formula is C31H52O8. The van der Waals surface area contributed by atoms with Gasteiger partial charge < -0.3 is 29.9 Å². The Balaban J connectivity index is 3.97. The van der Waals surface area contributed by atoms with E-state index in [9.17, 15) is 30.0 Å². The van der Waals surface area contributed by atoms with Crippen LogP contribution in [0.1, 0.15) is 97.3 Å². The summed E-state index contributed by atoms with van der Waals surface area (Å²) in [5.74, 6) is -0.905. The van der Waals surface area contributed by atoms with Gasteiger partial charge in [0.2, 0.25) is 0 Å². The molecule has 0 aliphatic rings. The van der Waals surface area contributed by atoms with Crippen molar-refractivity contribution in [1.82, 2.24) is 0 Å². The topological polar surface area (TPSA) is 134 Å². The van der Waals surface area contributed by atoms with Crippen molar-refractivity contribution in [3.8, 4) is 0 Å². The van der Waals surface area contributed by atoms with E-state index in [1.807, 2.05) is 0 Å². The van der Waals surface area contributed by atoms with Crippen LogP contribution in [-0.4, -0.2) is 70.0 Å². The number of carbonyl (C=O) groups is 2. The van der Waals surface area contributed by atoms with E-state index < -0.39 is 30.4 Å². The van der Waals surface area contributed by atoms with E-state index in [-0.39, 0.29) is 32.0 Å². The van der Waals surface area contributed by atoms with Crippen molar-refractivity contribution in [2.45, 2.75) is 122 Å². The summed E-state index contributed by atoms with van der Waals surface area (Å²) in [7, 11) is 0. The summed E-state index contributed by atoms with van der Waals surface area (Å²) < 4.78 is 9.99. The Morgan fingerprint density at radius 2 is 1.13 bits per heavy atom. The number of hydrogen-bond acceptors (Lipinski definition) is 8. The van der Waals surface area contributed by atoms with Crippen LogP contribution in [0.2, 0.25) is 0 Å². The minimum absolute atomic E-state index is 0.0310. The third-order valence-electron chi connectivity index (χ3n) is 5.93. The predicted octanol–water partition coefficient (Wildman–Crippen LogP) is 4.85. The van der Waals surface area contributed by atoms with E-state index in [0.29, 0.717) is 12.8 Å². The predicted molar refractivity (Wildman–Crippen MR) is 154 cm³/mol. The second-order valence-corrected chi connectivity index (χ2v) is 9.74. The first-order chi connectivity index (χ1) is 18.8. The molecule has 0 rings (SSSR count). The summed E-state index contributed by atoms with van der Waals surface area (Å²) in [6.07, 6.45) is 20.1. The molecule has 0 aromatic carbocycles. The summed E-state index contributed by atoms with van der Waals surface area (Å²) in [5.41, 5.74) is 0. The Bertz CT molecular complexity index is 728. The van der Waals surface area contributed by atoms with Crippen molar-refractivity contribution < 1.29 is 39.5 Å². The van der Waals surface area contributed by atoms with Gasteiger partial charge in [0.1, 0.15) is 19.3 Å². The van der Waals surface area contributed by atoms with Crippen LogP contribution in [0.15, 0.2) is 48.6 Å². The van der Waals surface area contributed by atoms with Crippen molar-refractivity contribution in [2.75, 3.05) is 13.2 Å². The molecule has 8 nitrogen and oxygen atoms in total. The number of ether oxygens (including phenoxy) is 2. The molecule has 39 heavy (non-hydrogen) atoms. The molecule has 0 spiro atoms. The summed E-state index contributed by atoms with van der Waals surface area (Å²) in [6, 6.07) is 0. The maximum atomic E-state index is 11.8. The highest BCUT2D eigenvalue weighted by atomic mass is 16.6. The summed E-state index contributed by atoms with van der Waals surface area (Å²) in [4.78, 5) is 23.5. The number of allylic oxidation sites excluding steroid dienone is 6. The molecule has 0 aliphatic heterocycles. The van der Waals surface area contributed by atoms with E-state index in [2.05, 4.69) is 13.8 Å². The van der Waals surface area contributed by atoms with Crippen LogP contribution in [0.25, 0.3) is 0 Å². The Labute approximate surface area is 235 Å². The lowest BCUT2D eigenvalue weighted by Gasteiger charge is -2.14. The van der Waals surface area contributed by atoms with E-state index in [1.165, 1.54) is 6.08 Å². The third kappa shape index (κ3) is 24.5. The minimum atomic E-state index is -1.09. The Morgan fingerprint density at radius 3 is 1.74 bits per heavy atom. The number of hydrogen-bond donors (Lipinski definition) is 4. The highest BCUT2D eigenvalue weighted by Gasteiger charge is 2.15. The molecule has 0 fully saturated rings. The number of aliphatic hydroxyl groups is 4. The van der Waals surface area contributed by atoms with E-state index >= 15 is 0 Å². The minimum Gasteiger partial charge on any atom is -0.463 e. The van der Waals surface area contributed by atoms with Gasteiger partial charge in [-0.05, 0) is 25.7 Å². The van der Waals surface area contributed by atoms with Crippen LogP contribution in [-0.2, 0) is 19.1 Å². The molecule has 8 heteroatoms. The normalized spacial score (nSPS) is 15.3. The lowest BCUT2D eigenvalue weighted by atomic mass is 10.1.